The first-order valence-electron chi connectivity index (χ1n) is 6.63. The molecule has 1 aliphatic heterocycles. The first-order chi connectivity index (χ1) is 9.28. The van der Waals surface area contributed by atoms with Crippen LogP contribution in [0.1, 0.15) is 19.3 Å². The number of nitrogens with zero attached hydrogens (tertiary/aromatic N) is 4. The van der Waals surface area contributed by atoms with Crippen LogP contribution >= 0.6 is 0 Å². The number of anilines is 1. The van der Waals surface area contributed by atoms with Gasteiger partial charge < -0.3 is 14.8 Å². The van der Waals surface area contributed by atoms with Crippen LogP contribution in [0, 0.1) is 0 Å². The summed E-state index contributed by atoms with van der Waals surface area (Å²) in [5, 5.41) is 3.34. The van der Waals surface area contributed by atoms with Crippen molar-refractivity contribution in [3.63, 3.8) is 0 Å². The van der Waals surface area contributed by atoms with E-state index in [-0.39, 0.29) is 12.0 Å². The molecule has 2 aliphatic rings. The van der Waals surface area contributed by atoms with Crippen molar-refractivity contribution in [2.45, 2.75) is 31.3 Å². The van der Waals surface area contributed by atoms with Crippen molar-refractivity contribution in [2.75, 3.05) is 32.6 Å². The quantitative estimate of drug-likeness (QED) is 0.832. The first-order valence-corrected chi connectivity index (χ1v) is 6.63. The number of methoxy groups -OCH3 is 2. The minimum absolute atomic E-state index is 0.270. The van der Waals surface area contributed by atoms with Crippen molar-refractivity contribution in [2.24, 2.45) is 0 Å². The van der Waals surface area contributed by atoms with Gasteiger partial charge in [-0.05, 0) is 19.3 Å². The van der Waals surface area contributed by atoms with Gasteiger partial charge in [-0.15, -0.1) is 4.98 Å². The van der Waals surface area contributed by atoms with E-state index in [4.69, 9.17) is 9.47 Å². The number of rotatable bonds is 5. The Hall–Kier alpha value is -1.63. The van der Waals surface area contributed by atoms with Crippen molar-refractivity contribution in [1.82, 2.24) is 19.9 Å². The van der Waals surface area contributed by atoms with Crippen molar-refractivity contribution in [3.05, 3.63) is 0 Å². The topological polar surface area (TPSA) is 72.4 Å². The molecule has 7 heteroatoms. The van der Waals surface area contributed by atoms with E-state index in [1.165, 1.54) is 27.1 Å². The minimum Gasteiger partial charge on any atom is -0.467 e. The van der Waals surface area contributed by atoms with Gasteiger partial charge in [0.1, 0.15) is 0 Å². The predicted octanol–water partition coefficient (Wildman–Crippen LogP) is 0.537. The van der Waals surface area contributed by atoms with Crippen LogP contribution < -0.4 is 14.8 Å². The standard InChI is InChI=1S/C12H19N5O2/c1-18-11-14-10(15-12(16-11)19-2)13-8-5-6-17(7-8)9-3-4-9/h8-9H,3-7H2,1-2H3,(H,13,14,15,16). The molecule has 1 aromatic rings. The summed E-state index contributed by atoms with van der Waals surface area (Å²) in [6.07, 6.45) is 3.81. The second kappa shape index (κ2) is 5.16. The zero-order valence-electron chi connectivity index (χ0n) is 11.3. The van der Waals surface area contributed by atoms with E-state index in [9.17, 15) is 0 Å². The molecule has 1 N–H and O–H groups in total. The van der Waals surface area contributed by atoms with E-state index in [1.54, 1.807) is 0 Å². The summed E-state index contributed by atoms with van der Waals surface area (Å²) >= 11 is 0. The lowest BCUT2D eigenvalue weighted by atomic mass is 10.3. The number of hydrogen-bond donors (Lipinski definition) is 1. The Bertz CT molecular complexity index is 429. The highest BCUT2D eigenvalue weighted by Crippen LogP contribution is 2.30. The smallest absolute Gasteiger partial charge is 0.324 e. The second-order valence-corrected chi connectivity index (χ2v) is 4.99. The number of likely N-dealkylation sites (tertiary alicyclic amines) is 1. The zero-order valence-corrected chi connectivity index (χ0v) is 11.3. The SMILES string of the molecule is COc1nc(NC2CCN(C3CC3)C2)nc(OC)n1. The molecule has 0 radical (unpaired) electrons. The average molecular weight is 265 g/mol. The van der Waals surface area contributed by atoms with Crippen molar-refractivity contribution in [3.8, 4) is 12.0 Å². The fourth-order valence-corrected chi connectivity index (χ4v) is 2.44. The molecule has 3 rings (SSSR count). The third-order valence-electron chi connectivity index (χ3n) is 3.58. The summed E-state index contributed by atoms with van der Waals surface area (Å²) in [7, 11) is 3.06. The van der Waals surface area contributed by atoms with Crippen LogP contribution in [0.25, 0.3) is 0 Å². The van der Waals surface area contributed by atoms with Gasteiger partial charge in [0, 0.05) is 25.2 Å². The molecule has 0 aromatic carbocycles. The van der Waals surface area contributed by atoms with Gasteiger partial charge in [0.2, 0.25) is 5.95 Å². The average Bonchev–Trinajstić information content (AvgIpc) is 3.19. The molecule has 2 fully saturated rings. The molecular formula is C12H19N5O2. The summed E-state index contributed by atoms with van der Waals surface area (Å²) in [6.45, 7) is 2.21. The highest BCUT2D eigenvalue weighted by Gasteiger charge is 2.34. The van der Waals surface area contributed by atoms with Crippen LogP contribution in [0.5, 0.6) is 12.0 Å². The molecule has 1 saturated carbocycles. The molecule has 1 unspecified atom stereocenters. The van der Waals surface area contributed by atoms with Crippen LogP contribution in [0.2, 0.25) is 0 Å². The van der Waals surface area contributed by atoms with Crippen molar-refractivity contribution < 1.29 is 9.47 Å². The van der Waals surface area contributed by atoms with Crippen LogP contribution in [0.15, 0.2) is 0 Å². The van der Waals surface area contributed by atoms with Gasteiger partial charge >= 0.3 is 12.0 Å². The van der Waals surface area contributed by atoms with E-state index in [1.807, 2.05) is 0 Å². The molecule has 19 heavy (non-hydrogen) atoms. The van der Waals surface area contributed by atoms with Gasteiger partial charge in [0.05, 0.1) is 14.2 Å². The maximum Gasteiger partial charge on any atom is 0.324 e. The van der Waals surface area contributed by atoms with Gasteiger partial charge in [-0.2, -0.15) is 9.97 Å². The fourth-order valence-electron chi connectivity index (χ4n) is 2.44. The van der Waals surface area contributed by atoms with Crippen LogP contribution in [0.4, 0.5) is 5.95 Å². The number of aromatic nitrogens is 3. The van der Waals surface area contributed by atoms with Gasteiger partial charge in [-0.3, -0.25) is 4.90 Å². The number of nitrogens with one attached hydrogen (secondary N) is 1. The Morgan fingerprint density at radius 2 is 1.74 bits per heavy atom. The molecule has 1 aromatic heterocycles. The molecule has 0 amide bonds. The molecule has 0 spiro atoms. The van der Waals surface area contributed by atoms with Crippen molar-refractivity contribution >= 4 is 5.95 Å². The summed E-state index contributed by atoms with van der Waals surface area (Å²) < 4.78 is 10.1. The molecule has 2 heterocycles. The molecule has 7 nitrogen and oxygen atoms in total. The van der Waals surface area contributed by atoms with E-state index >= 15 is 0 Å². The summed E-state index contributed by atoms with van der Waals surface area (Å²) in [5.74, 6) is 0.520. The van der Waals surface area contributed by atoms with Gasteiger partial charge in [-0.1, -0.05) is 0 Å². The normalized spacial score (nSPS) is 23.4. The van der Waals surface area contributed by atoms with Crippen LogP contribution in [0.3, 0.4) is 0 Å². The van der Waals surface area contributed by atoms with E-state index in [0.717, 1.165) is 25.6 Å². The van der Waals surface area contributed by atoms with E-state index < -0.39 is 0 Å². The summed E-state index contributed by atoms with van der Waals surface area (Å²) in [6, 6.07) is 1.74. The highest BCUT2D eigenvalue weighted by molar-refractivity contribution is 5.29. The van der Waals surface area contributed by atoms with E-state index in [2.05, 4.69) is 25.2 Å². The fraction of sp³-hybridized carbons (Fsp3) is 0.750. The molecule has 104 valence electrons. The predicted molar refractivity (Wildman–Crippen MR) is 69.6 cm³/mol. The second-order valence-electron chi connectivity index (χ2n) is 4.99. The Kier molecular flexibility index (Phi) is 3.37. The zero-order chi connectivity index (χ0) is 13.2. The Labute approximate surface area is 112 Å². The first kappa shape index (κ1) is 12.4. The Morgan fingerprint density at radius 3 is 2.32 bits per heavy atom. The highest BCUT2D eigenvalue weighted by atomic mass is 16.5. The van der Waals surface area contributed by atoms with E-state index in [0.29, 0.717) is 12.0 Å². The van der Waals surface area contributed by atoms with Crippen molar-refractivity contribution in [1.29, 1.82) is 0 Å². The Morgan fingerprint density at radius 1 is 1.05 bits per heavy atom. The minimum atomic E-state index is 0.270. The largest absolute Gasteiger partial charge is 0.467 e. The maximum atomic E-state index is 5.04. The monoisotopic (exact) mass is 265 g/mol. The molecule has 1 saturated heterocycles. The third kappa shape index (κ3) is 2.86. The van der Waals surface area contributed by atoms with Crippen LogP contribution in [-0.4, -0.2) is 59.2 Å². The number of ether oxygens (including phenoxy) is 2. The van der Waals surface area contributed by atoms with Crippen LogP contribution in [-0.2, 0) is 0 Å². The summed E-state index contributed by atoms with van der Waals surface area (Å²) in [4.78, 5) is 14.9. The lowest BCUT2D eigenvalue weighted by Crippen LogP contribution is -2.28. The number of hydrogen-bond acceptors (Lipinski definition) is 7. The van der Waals surface area contributed by atoms with Gasteiger partial charge in [-0.25, -0.2) is 0 Å². The van der Waals surface area contributed by atoms with Gasteiger partial charge in [0.15, 0.2) is 0 Å². The molecular weight excluding hydrogens is 246 g/mol. The molecule has 1 atom stereocenters. The van der Waals surface area contributed by atoms with Gasteiger partial charge in [0.25, 0.3) is 0 Å². The Balaban J connectivity index is 1.65. The third-order valence-corrected chi connectivity index (χ3v) is 3.58. The maximum absolute atomic E-state index is 5.04. The molecule has 0 bridgehead atoms. The lowest BCUT2D eigenvalue weighted by Gasteiger charge is -2.15. The lowest BCUT2D eigenvalue weighted by molar-refractivity contribution is 0.325. The summed E-state index contributed by atoms with van der Waals surface area (Å²) in [5.41, 5.74) is 0. The molecule has 1 aliphatic carbocycles.